The normalized spacial score (nSPS) is 42.0. The van der Waals surface area contributed by atoms with Gasteiger partial charge in [-0.25, -0.2) is 19.4 Å². The number of carbonyl (C=O) groups excluding carboxylic acids is 6. The van der Waals surface area contributed by atoms with Crippen molar-refractivity contribution >= 4 is 35.7 Å². The highest BCUT2D eigenvalue weighted by Crippen LogP contribution is 2.59. The van der Waals surface area contributed by atoms with Crippen LogP contribution in [0.25, 0.3) is 0 Å². The Labute approximate surface area is 246 Å². The van der Waals surface area contributed by atoms with Crippen LogP contribution in [0.4, 0.5) is 9.59 Å². The Hall–Kier alpha value is -2.78. The van der Waals surface area contributed by atoms with Crippen molar-refractivity contribution in [2.75, 3.05) is 13.1 Å². The summed E-state index contributed by atoms with van der Waals surface area (Å²) in [6, 6.07) is -0.882. The Morgan fingerprint density at radius 3 is 1.00 bits per heavy atom. The van der Waals surface area contributed by atoms with Gasteiger partial charge in [-0.15, -0.1) is 0 Å². The predicted octanol–water partition coefficient (Wildman–Crippen LogP) is 4.07. The van der Waals surface area contributed by atoms with Crippen molar-refractivity contribution in [3.63, 3.8) is 0 Å². The summed E-state index contributed by atoms with van der Waals surface area (Å²) in [5.74, 6) is 0.656. The van der Waals surface area contributed by atoms with E-state index in [1.807, 2.05) is 0 Å². The van der Waals surface area contributed by atoms with E-state index in [1.165, 1.54) is 48.3 Å². The summed E-state index contributed by atoms with van der Waals surface area (Å²) in [7, 11) is 0. The summed E-state index contributed by atoms with van der Waals surface area (Å²) in [5, 5.41) is 0. The van der Waals surface area contributed by atoms with Crippen LogP contribution in [0, 0.1) is 35.5 Å². The third kappa shape index (κ3) is 3.88. The van der Waals surface area contributed by atoms with E-state index in [9.17, 15) is 28.8 Å². The molecule has 8 saturated carbocycles. The highest BCUT2D eigenvalue weighted by Gasteiger charge is 2.62. The monoisotopic (exact) mass is 578 g/mol. The highest BCUT2D eigenvalue weighted by atomic mass is 16.2. The molecule has 0 N–H and O–H groups in total. The second kappa shape index (κ2) is 9.36. The number of hydrogen-bond acceptors (Lipinski definition) is 6. The minimum absolute atomic E-state index is 0.201. The quantitative estimate of drug-likeness (QED) is 0.232. The Kier molecular flexibility index (Phi) is 5.98. The molecule has 0 atom stereocenters. The molecule has 2 saturated heterocycles. The third-order valence-electron chi connectivity index (χ3n) is 12.6. The number of urea groups is 2. The van der Waals surface area contributed by atoms with Crippen LogP contribution < -0.4 is 0 Å². The number of unbranched alkanes of at least 4 members (excludes halogenated alkanes) is 3. The van der Waals surface area contributed by atoms with Gasteiger partial charge in [-0.05, 0) is 125 Å². The molecular weight excluding hydrogens is 536 g/mol. The summed E-state index contributed by atoms with van der Waals surface area (Å²) >= 11 is 0. The first kappa shape index (κ1) is 26.8. The lowest BCUT2D eigenvalue weighted by atomic mass is 9.52. The van der Waals surface area contributed by atoms with Crippen LogP contribution in [0.1, 0.15) is 103 Å². The van der Waals surface area contributed by atoms with Crippen LogP contribution in [0.2, 0.25) is 0 Å². The van der Waals surface area contributed by atoms with Gasteiger partial charge >= 0.3 is 35.7 Å². The molecular formula is C32H42N4O6. The fraction of sp³-hybridized carbons (Fsp3) is 0.812. The molecule has 10 rings (SSSR count). The van der Waals surface area contributed by atoms with E-state index < -0.39 is 46.8 Å². The Morgan fingerprint density at radius 2 is 0.714 bits per heavy atom. The van der Waals surface area contributed by atoms with E-state index in [2.05, 4.69) is 0 Å². The van der Waals surface area contributed by atoms with Gasteiger partial charge in [0.25, 0.3) is 0 Å². The number of imide groups is 4. The number of hydrogen-bond donors (Lipinski definition) is 0. The van der Waals surface area contributed by atoms with Crippen LogP contribution >= 0.6 is 0 Å². The molecule has 8 bridgehead atoms. The van der Waals surface area contributed by atoms with Crippen molar-refractivity contribution in [2.45, 2.75) is 114 Å². The molecule has 0 radical (unpaired) electrons. The molecule has 226 valence electrons. The predicted molar refractivity (Wildman–Crippen MR) is 148 cm³/mol. The zero-order valence-corrected chi connectivity index (χ0v) is 24.4. The number of amides is 8. The lowest BCUT2D eigenvalue weighted by molar-refractivity contribution is -0.150. The van der Waals surface area contributed by atoms with Gasteiger partial charge in [-0.3, -0.25) is 29.0 Å². The molecule has 0 aromatic carbocycles. The van der Waals surface area contributed by atoms with Crippen molar-refractivity contribution in [3.8, 4) is 0 Å². The topological polar surface area (TPSA) is 115 Å². The minimum Gasteiger partial charge on any atom is -0.263 e. The molecule has 10 heteroatoms. The zero-order chi connectivity index (χ0) is 29.0. The molecule has 2 aliphatic heterocycles. The van der Waals surface area contributed by atoms with Gasteiger partial charge in [0, 0.05) is 13.1 Å². The number of rotatable bonds is 9. The smallest absolute Gasteiger partial charge is 0.263 e. The SMILES string of the molecule is O=C1C(=O)N(C23CC4CC(CC(C4)C2)C3)C(=O)N1CCCCCCN1C(=O)C(=O)N(C23CC4CC(CC(C4)C2)C3)C1=O. The maximum Gasteiger partial charge on any atom is 0.334 e. The van der Waals surface area contributed by atoms with E-state index in [0.29, 0.717) is 61.2 Å². The Bertz CT molecular complexity index is 1110. The average molecular weight is 579 g/mol. The fourth-order valence-electron chi connectivity index (χ4n) is 11.8. The van der Waals surface area contributed by atoms with Gasteiger partial charge in [0.15, 0.2) is 0 Å². The summed E-state index contributed by atoms with van der Waals surface area (Å²) in [6.45, 7) is 0.401. The molecule has 10 aliphatic rings. The minimum atomic E-state index is -0.702. The van der Waals surface area contributed by atoms with Crippen molar-refractivity contribution in [1.29, 1.82) is 0 Å². The molecule has 42 heavy (non-hydrogen) atoms. The van der Waals surface area contributed by atoms with Crippen LogP contribution in [0.5, 0.6) is 0 Å². The van der Waals surface area contributed by atoms with E-state index in [4.69, 9.17) is 0 Å². The maximum atomic E-state index is 13.4. The second-order valence-electron chi connectivity index (χ2n) is 15.5. The van der Waals surface area contributed by atoms with Gasteiger partial charge in [0.05, 0.1) is 11.1 Å². The van der Waals surface area contributed by atoms with Crippen molar-refractivity contribution < 1.29 is 28.8 Å². The largest absolute Gasteiger partial charge is 0.334 e. The van der Waals surface area contributed by atoms with E-state index in [1.54, 1.807) is 0 Å². The van der Waals surface area contributed by atoms with Crippen molar-refractivity contribution in [2.24, 2.45) is 35.5 Å². The average Bonchev–Trinajstić information content (AvgIpc) is 3.27. The molecule has 10 nitrogen and oxygen atoms in total. The van der Waals surface area contributed by atoms with Crippen LogP contribution in [-0.2, 0) is 19.2 Å². The summed E-state index contributed by atoms with van der Waals surface area (Å²) < 4.78 is 0. The highest BCUT2D eigenvalue weighted by molar-refractivity contribution is 6.45. The summed E-state index contributed by atoms with van der Waals surface area (Å²) in [6.07, 6.45) is 14.7. The van der Waals surface area contributed by atoms with Crippen molar-refractivity contribution in [3.05, 3.63) is 0 Å². The van der Waals surface area contributed by atoms with Crippen LogP contribution in [0.3, 0.4) is 0 Å². The molecule has 8 amide bonds. The molecule has 2 heterocycles. The molecule has 0 unspecified atom stereocenters. The van der Waals surface area contributed by atoms with E-state index in [-0.39, 0.29) is 13.1 Å². The number of carbonyl (C=O) groups is 6. The van der Waals surface area contributed by atoms with Gasteiger partial charge in [0.1, 0.15) is 0 Å². The van der Waals surface area contributed by atoms with Crippen molar-refractivity contribution in [1.82, 2.24) is 19.6 Å². The first-order valence-corrected chi connectivity index (χ1v) is 16.6. The lowest BCUT2D eigenvalue weighted by Gasteiger charge is -2.58. The molecule has 0 aromatic heterocycles. The van der Waals surface area contributed by atoms with E-state index >= 15 is 0 Å². The Balaban J connectivity index is 0.835. The van der Waals surface area contributed by atoms with Gasteiger partial charge < -0.3 is 0 Å². The summed E-state index contributed by atoms with van der Waals surface area (Å²) in [4.78, 5) is 83.6. The van der Waals surface area contributed by atoms with Gasteiger partial charge in [0.2, 0.25) is 0 Å². The molecule has 0 aromatic rings. The standard InChI is InChI=1S/C32H42N4O6/c37-25-27(39)35(31-13-19-7-20(14-31)9-21(8-19)15-31)29(41)33(25)5-3-1-2-4-6-34-26(38)28(40)36(30(34)42)32-16-22-10-23(17-32)12-24(11-22)18-32/h19-24H,1-18H2. The molecule has 8 aliphatic carbocycles. The fourth-order valence-corrected chi connectivity index (χ4v) is 11.8. The first-order valence-electron chi connectivity index (χ1n) is 16.6. The summed E-state index contributed by atoms with van der Waals surface area (Å²) in [5.41, 5.74) is -0.937. The lowest BCUT2D eigenvalue weighted by Crippen LogP contribution is -2.62. The zero-order valence-electron chi connectivity index (χ0n) is 24.4. The third-order valence-corrected chi connectivity index (χ3v) is 12.6. The molecule has 0 spiro atoms. The van der Waals surface area contributed by atoms with Crippen LogP contribution in [-0.4, -0.2) is 79.5 Å². The number of nitrogens with zero attached hydrogens (tertiary/aromatic N) is 4. The first-order chi connectivity index (χ1) is 20.2. The van der Waals surface area contributed by atoms with Crippen LogP contribution in [0.15, 0.2) is 0 Å². The Morgan fingerprint density at radius 1 is 0.429 bits per heavy atom. The van der Waals surface area contributed by atoms with Gasteiger partial charge in [-0.2, -0.15) is 0 Å². The maximum absolute atomic E-state index is 13.4. The molecule has 10 fully saturated rings. The second-order valence-corrected chi connectivity index (χ2v) is 15.5. The van der Waals surface area contributed by atoms with Gasteiger partial charge in [-0.1, -0.05) is 12.8 Å². The van der Waals surface area contributed by atoms with E-state index in [0.717, 1.165) is 48.3 Å².